The highest BCUT2D eigenvalue weighted by molar-refractivity contribution is 7.09. The number of carboxylic acid groups (broad SMARTS) is 1. The molecule has 0 saturated carbocycles. The Balaban J connectivity index is 2.03. The van der Waals surface area contributed by atoms with E-state index in [0.717, 1.165) is 11.3 Å². The number of hydrogen-bond donors (Lipinski definition) is 3. The average Bonchev–Trinajstić information content (AvgIpc) is 3.04. The van der Waals surface area contributed by atoms with Gasteiger partial charge in [-0.25, -0.2) is 9.78 Å². The van der Waals surface area contributed by atoms with E-state index in [-0.39, 0.29) is 23.5 Å². The fourth-order valence-electron chi connectivity index (χ4n) is 2.01. The van der Waals surface area contributed by atoms with Gasteiger partial charge in [-0.05, 0) is 24.1 Å². The number of rotatable bonds is 6. The second kappa shape index (κ2) is 7.97. The summed E-state index contributed by atoms with van der Waals surface area (Å²) < 4.78 is 39.3. The molecule has 1 unspecified atom stereocenters. The number of thiazole rings is 1. The van der Waals surface area contributed by atoms with E-state index in [0.29, 0.717) is 5.56 Å². The number of hydrogen-bond acceptors (Lipinski definition) is 4. The lowest BCUT2D eigenvalue weighted by Crippen LogP contribution is -2.40. The minimum atomic E-state index is -4.68. The third-order valence-electron chi connectivity index (χ3n) is 3.11. The number of aryl methyl sites for hydroxylation is 1. The van der Waals surface area contributed by atoms with Gasteiger partial charge in [0, 0.05) is 23.7 Å². The molecule has 0 spiro atoms. The van der Waals surface area contributed by atoms with E-state index < -0.39 is 24.2 Å². The summed E-state index contributed by atoms with van der Waals surface area (Å²) in [6.45, 7) is 0. The van der Waals surface area contributed by atoms with Crippen molar-refractivity contribution in [2.45, 2.75) is 25.1 Å². The Kier molecular flexibility index (Phi) is 5.97. The van der Waals surface area contributed by atoms with Crippen molar-refractivity contribution in [2.24, 2.45) is 0 Å². The predicted octanol–water partition coefficient (Wildman–Crippen LogP) is 3.59. The molecular weight excluding hydrogens is 359 g/mol. The first kappa shape index (κ1) is 18.7. The third kappa shape index (κ3) is 5.75. The van der Waals surface area contributed by atoms with Crippen molar-refractivity contribution in [1.82, 2.24) is 10.3 Å². The van der Waals surface area contributed by atoms with Crippen molar-refractivity contribution in [3.63, 3.8) is 0 Å². The number of alkyl halides is 3. The fraction of sp³-hybridized carbons (Fsp3) is 0.267. The van der Waals surface area contributed by atoms with Crippen LogP contribution < -0.4 is 10.6 Å². The standard InChI is InChI=1S/C15H14F3N3O3S/c16-15(17,18)12(13-19-6-7-25-13)21-14(24)20-10-3-1-2-9(8-10)4-5-11(22)23/h1-3,6-8,12H,4-5H2,(H,22,23)(H2,20,21,24). The van der Waals surface area contributed by atoms with Gasteiger partial charge in [0.1, 0.15) is 5.01 Å². The van der Waals surface area contributed by atoms with Gasteiger partial charge in [0.2, 0.25) is 0 Å². The zero-order valence-corrected chi connectivity index (χ0v) is 13.5. The largest absolute Gasteiger partial charge is 0.481 e. The molecule has 2 amide bonds. The SMILES string of the molecule is O=C(O)CCc1cccc(NC(=O)NC(c2nccs2)C(F)(F)F)c1. The minimum Gasteiger partial charge on any atom is -0.481 e. The van der Waals surface area contributed by atoms with E-state index >= 15 is 0 Å². The Bertz CT molecular complexity index is 735. The van der Waals surface area contributed by atoms with Crippen LogP contribution in [0.3, 0.4) is 0 Å². The molecule has 6 nitrogen and oxygen atoms in total. The van der Waals surface area contributed by atoms with Gasteiger partial charge in [-0.15, -0.1) is 11.3 Å². The first-order valence-corrected chi connectivity index (χ1v) is 7.98. The molecule has 2 rings (SSSR count). The van der Waals surface area contributed by atoms with Crippen LogP contribution in [0, 0.1) is 0 Å². The summed E-state index contributed by atoms with van der Waals surface area (Å²) >= 11 is 0.789. The number of aromatic nitrogens is 1. The molecule has 0 radical (unpaired) electrons. The summed E-state index contributed by atoms with van der Waals surface area (Å²) in [5.41, 5.74) is 0.910. The molecule has 0 bridgehead atoms. The predicted molar refractivity (Wildman–Crippen MR) is 85.5 cm³/mol. The lowest BCUT2D eigenvalue weighted by Gasteiger charge is -2.20. The number of nitrogens with zero attached hydrogens (tertiary/aromatic N) is 1. The lowest BCUT2D eigenvalue weighted by molar-refractivity contribution is -0.154. The van der Waals surface area contributed by atoms with E-state index in [1.807, 2.05) is 5.32 Å². The highest BCUT2D eigenvalue weighted by Crippen LogP contribution is 2.33. The van der Waals surface area contributed by atoms with Crippen molar-refractivity contribution in [3.8, 4) is 0 Å². The van der Waals surface area contributed by atoms with E-state index in [4.69, 9.17) is 5.11 Å². The van der Waals surface area contributed by atoms with E-state index in [2.05, 4.69) is 10.3 Å². The maximum atomic E-state index is 13.1. The summed E-state index contributed by atoms with van der Waals surface area (Å²) in [6, 6.07) is 3.01. The summed E-state index contributed by atoms with van der Waals surface area (Å²) in [5.74, 6) is -0.965. The quantitative estimate of drug-likeness (QED) is 0.722. The highest BCUT2D eigenvalue weighted by Gasteiger charge is 2.43. The average molecular weight is 373 g/mol. The minimum absolute atomic E-state index is 0.0875. The second-order valence-electron chi connectivity index (χ2n) is 5.04. The summed E-state index contributed by atoms with van der Waals surface area (Å²) in [4.78, 5) is 26.1. The number of amides is 2. The molecule has 0 aliphatic rings. The Morgan fingerprint density at radius 3 is 2.68 bits per heavy atom. The summed E-state index contributed by atoms with van der Waals surface area (Å²) in [7, 11) is 0. The summed E-state index contributed by atoms with van der Waals surface area (Å²) in [6.07, 6.45) is -3.30. The van der Waals surface area contributed by atoms with Gasteiger partial charge in [-0.1, -0.05) is 12.1 Å². The van der Waals surface area contributed by atoms with E-state index in [1.165, 1.54) is 23.7 Å². The maximum Gasteiger partial charge on any atom is 0.415 e. The normalized spacial score (nSPS) is 12.4. The number of carbonyl (C=O) groups is 2. The van der Waals surface area contributed by atoms with Crippen LogP contribution in [0.15, 0.2) is 35.8 Å². The number of halogens is 3. The van der Waals surface area contributed by atoms with Gasteiger partial charge in [0.25, 0.3) is 0 Å². The van der Waals surface area contributed by atoms with Crippen LogP contribution in [-0.4, -0.2) is 28.3 Å². The number of carbonyl (C=O) groups excluding carboxylic acids is 1. The molecule has 134 valence electrons. The van der Waals surface area contributed by atoms with Crippen LogP contribution in [0.4, 0.5) is 23.7 Å². The maximum absolute atomic E-state index is 13.1. The van der Waals surface area contributed by atoms with Crippen molar-refractivity contribution in [2.75, 3.05) is 5.32 Å². The van der Waals surface area contributed by atoms with Crippen LogP contribution in [-0.2, 0) is 11.2 Å². The van der Waals surface area contributed by atoms with Gasteiger partial charge in [0.15, 0.2) is 6.04 Å². The number of carboxylic acids is 1. The van der Waals surface area contributed by atoms with Crippen molar-refractivity contribution < 1.29 is 27.9 Å². The van der Waals surface area contributed by atoms with Crippen LogP contribution in [0.25, 0.3) is 0 Å². The first-order valence-electron chi connectivity index (χ1n) is 7.10. The number of aliphatic carboxylic acids is 1. The van der Waals surface area contributed by atoms with Crippen molar-refractivity contribution in [3.05, 3.63) is 46.4 Å². The van der Waals surface area contributed by atoms with Gasteiger partial charge in [0.05, 0.1) is 0 Å². The Labute approximate surface area is 144 Å². The molecular formula is C15H14F3N3O3S. The van der Waals surface area contributed by atoms with Gasteiger partial charge >= 0.3 is 18.2 Å². The van der Waals surface area contributed by atoms with Crippen LogP contribution in [0.5, 0.6) is 0 Å². The molecule has 0 aliphatic heterocycles. The van der Waals surface area contributed by atoms with Crippen molar-refractivity contribution in [1.29, 1.82) is 0 Å². The number of anilines is 1. The van der Waals surface area contributed by atoms with Gasteiger partial charge < -0.3 is 15.7 Å². The van der Waals surface area contributed by atoms with E-state index in [1.54, 1.807) is 12.1 Å². The first-order chi connectivity index (χ1) is 11.8. The zero-order valence-electron chi connectivity index (χ0n) is 12.7. The van der Waals surface area contributed by atoms with Gasteiger partial charge in [-0.2, -0.15) is 13.2 Å². The molecule has 1 atom stereocenters. The molecule has 25 heavy (non-hydrogen) atoms. The van der Waals surface area contributed by atoms with Crippen LogP contribution >= 0.6 is 11.3 Å². The molecule has 2 aromatic rings. The number of benzene rings is 1. The number of nitrogens with one attached hydrogen (secondary N) is 2. The fourth-order valence-corrected chi connectivity index (χ4v) is 2.73. The Morgan fingerprint density at radius 2 is 2.08 bits per heavy atom. The zero-order chi connectivity index (χ0) is 18.4. The van der Waals surface area contributed by atoms with Crippen LogP contribution in [0.2, 0.25) is 0 Å². The Hall–Kier alpha value is -2.62. The second-order valence-corrected chi connectivity index (χ2v) is 5.96. The van der Waals surface area contributed by atoms with Gasteiger partial charge in [-0.3, -0.25) is 4.79 Å². The molecule has 1 aromatic carbocycles. The Morgan fingerprint density at radius 1 is 1.32 bits per heavy atom. The van der Waals surface area contributed by atoms with Crippen molar-refractivity contribution >= 4 is 29.0 Å². The molecule has 10 heteroatoms. The molecule has 1 aromatic heterocycles. The molecule has 3 N–H and O–H groups in total. The molecule has 0 fully saturated rings. The highest BCUT2D eigenvalue weighted by atomic mass is 32.1. The summed E-state index contributed by atoms with van der Waals surface area (Å²) in [5, 5.41) is 14.0. The number of urea groups is 1. The molecule has 1 heterocycles. The topological polar surface area (TPSA) is 91.3 Å². The third-order valence-corrected chi connectivity index (χ3v) is 3.95. The molecule has 0 saturated heterocycles. The lowest BCUT2D eigenvalue weighted by atomic mass is 10.1. The molecule has 0 aliphatic carbocycles. The smallest absolute Gasteiger partial charge is 0.415 e. The monoisotopic (exact) mass is 373 g/mol. The van der Waals surface area contributed by atoms with E-state index in [9.17, 15) is 22.8 Å². The van der Waals surface area contributed by atoms with Crippen LogP contribution in [0.1, 0.15) is 23.0 Å².